The van der Waals surface area contributed by atoms with E-state index in [0.29, 0.717) is 6.54 Å². The number of carbonyl (C=O) groups excluding carboxylic acids is 1. The highest BCUT2D eigenvalue weighted by atomic mass is 16.5. The summed E-state index contributed by atoms with van der Waals surface area (Å²) in [4.78, 5) is 13.9. The first kappa shape index (κ1) is 15.4. The molecule has 3 unspecified atom stereocenters. The van der Waals surface area contributed by atoms with Gasteiger partial charge in [-0.25, -0.2) is 0 Å². The van der Waals surface area contributed by atoms with Crippen molar-refractivity contribution in [3.05, 3.63) is 0 Å². The predicted molar refractivity (Wildman–Crippen MR) is 72.3 cm³/mol. The normalized spacial score (nSPS) is 27.9. The Labute approximate surface area is 110 Å². The first-order valence-corrected chi connectivity index (χ1v) is 6.66. The zero-order valence-electron chi connectivity index (χ0n) is 12.2. The molecule has 0 radical (unpaired) electrons. The molecule has 0 spiro atoms. The maximum atomic E-state index is 11.5. The molecule has 1 rings (SSSR count). The van der Waals surface area contributed by atoms with Crippen LogP contribution in [-0.4, -0.2) is 54.2 Å². The number of morpholine rings is 1. The van der Waals surface area contributed by atoms with Crippen molar-refractivity contribution in [2.75, 3.05) is 19.6 Å². The van der Waals surface area contributed by atoms with Crippen LogP contribution >= 0.6 is 0 Å². The molecule has 18 heavy (non-hydrogen) atoms. The van der Waals surface area contributed by atoms with E-state index in [1.165, 1.54) is 0 Å². The Morgan fingerprint density at radius 1 is 1.44 bits per heavy atom. The maximum absolute atomic E-state index is 11.5. The molecular formula is C13H27N3O2. The third-order valence-corrected chi connectivity index (χ3v) is 3.38. The summed E-state index contributed by atoms with van der Waals surface area (Å²) >= 11 is 0. The summed E-state index contributed by atoms with van der Waals surface area (Å²) in [6.07, 6.45) is 0.467. The van der Waals surface area contributed by atoms with E-state index in [9.17, 15) is 4.79 Å². The minimum atomic E-state index is -0.455. The van der Waals surface area contributed by atoms with Gasteiger partial charge in [0.15, 0.2) is 0 Å². The summed E-state index contributed by atoms with van der Waals surface area (Å²) in [7, 11) is 0. The average Bonchev–Trinajstić information content (AvgIpc) is 2.24. The second kappa shape index (κ2) is 5.99. The number of hydrogen-bond acceptors (Lipinski definition) is 4. The number of nitrogens with one attached hydrogen (secondary N) is 1. The molecule has 0 aliphatic carbocycles. The molecule has 1 saturated heterocycles. The fraction of sp³-hybridized carbons (Fsp3) is 0.923. The highest BCUT2D eigenvalue weighted by Gasteiger charge is 2.33. The molecule has 1 heterocycles. The van der Waals surface area contributed by atoms with Gasteiger partial charge in [-0.15, -0.1) is 0 Å². The van der Waals surface area contributed by atoms with Crippen LogP contribution in [0.1, 0.15) is 34.6 Å². The molecule has 0 bridgehead atoms. The number of ether oxygens (including phenoxy) is 1. The van der Waals surface area contributed by atoms with Crippen LogP contribution in [0, 0.1) is 0 Å². The van der Waals surface area contributed by atoms with Crippen LogP contribution < -0.4 is 11.1 Å². The summed E-state index contributed by atoms with van der Waals surface area (Å²) in [5.74, 6) is -0.0996. The van der Waals surface area contributed by atoms with E-state index in [0.717, 1.165) is 13.1 Å². The number of nitrogens with two attached hydrogens (primary N) is 1. The highest BCUT2D eigenvalue weighted by Crippen LogP contribution is 2.20. The van der Waals surface area contributed by atoms with Crippen LogP contribution in [-0.2, 0) is 9.53 Å². The van der Waals surface area contributed by atoms with Gasteiger partial charge in [-0.2, -0.15) is 0 Å². The Morgan fingerprint density at radius 2 is 1.94 bits per heavy atom. The minimum absolute atomic E-state index is 0.0865. The fourth-order valence-corrected chi connectivity index (χ4v) is 2.25. The van der Waals surface area contributed by atoms with E-state index >= 15 is 0 Å². The Balaban J connectivity index is 2.54. The van der Waals surface area contributed by atoms with Crippen molar-refractivity contribution in [3.63, 3.8) is 0 Å². The fourth-order valence-electron chi connectivity index (χ4n) is 2.25. The van der Waals surface area contributed by atoms with Crippen molar-refractivity contribution >= 4 is 5.91 Å². The van der Waals surface area contributed by atoms with Crippen molar-refractivity contribution < 1.29 is 9.53 Å². The molecule has 3 N–H and O–H groups in total. The third-order valence-electron chi connectivity index (χ3n) is 3.38. The van der Waals surface area contributed by atoms with E-state index in [2.05, 4.69) is 37.9 Å². The average molecular weight is 257 g/mol. The number of rotatable bonds is 4. The van der Waals surface area contributed by atoms with Crippen molar-refractivity contribution in [1.29, 1.82) is 0 Å². The lowest BCUT2D eigenvalue weighted by molar-refractivity contribution is -0.123. The Kier molecular flexibility index (Phi) is 5.13. The molecule has 1 fully saturated rings. The third kappa shape index (κ3) is 4.23. The van der Waals surface area contributed by atoms with E-state index < -0.39 is 6.04 Å². The van der Waals surface area contributed by atoms with Crippen LogP contribution in [0.4, 0.5) is 0 Å². The molecule has 3 atom stereocenters. The SMILES string of the molecule is CC1CN(C(C)(C)CNC(=O)C(C)N)CC(C)O1. The standard InChI is InChI=1S/C13H27N3O2/c1-9-6-16(7-10(2)18-9)13(4,5)8-15-12(17)11(3)14/h9-11H,6-8,14H2,1-5H3,(H,15,17). The zero-order valence-corrected chi connectivity index (χ0v) is 12.2. The Bertz CT molecular complexity index is 282. The van der Waals surface area contributed by atoms with Gasteiger partial charge in [0.05, 0.1) is 18.2 Å². The zero-order chi connectivity index (χ0) is 13.9. The van der Waals surface area contributed by atoms with Crippen molar-refractivity contribution in [2.45, 2.75) is 58.4 Å². The van der Waals surface area contributed by atoms with E-state index in [4.69, 9.17) is 10.5 Å². The molecule has 1 aliphatic heterocycles. The van der Waals surface area contributed by atoms with Crippen molar-refractivity contribution in [1.82, 2.24) is 10.2 Å². The molecule has 1 amide bonds. The number of hydrogen-bond donors (Lipinski definition) is 2. The molecule has 5 nitrogen and oxygen atoms in total. The Morgan fingerprint density at radius 3 is 2.39 bits per heavy atom. The van der Waals surface area contributed by atoms with Gasteiger partial charge in [0.2, 0.25) is 5.91 Å². The molecule has 0 aromatic carbocycles. The summed E-state index contributed by atoms with van der Waals surface area (Å²) in [6, 6.07) is -0.455. The summed E-state index contributed by atoms with van der Waals surface area (Å²) in [6.45, 7) is 12.5. The van der Waals surface area contributed by atoms with Gasteiger partial charge in [0, 0.05) is 25.2 Å². The van der Waals surface area contributed by atoms with E-state index in [-0.39, 0.29) is 23.7 Å². The number of nitrogens with zero attached hydrogens (tertiary/aromatic N) is 1. The molecule has 5 heteroatoms. The minimum Gasteiger partial charge on any atom is -0.373 e. The lowest BCUT2D eigenvalue weighted by Crippen LogP contribution is -2.59. The number of amides is 1. The topological polar surface area (TPSA) is 67.6 Å². The summed E-state index contributed by atoms with van der Waals surface area (Å²) in [5.41, 5.74) is 5.46. The van der Waals surface area contributed by atoms with Crippen molar-refractivity contribution in [3.8, 4) is 0 Å². The van der Waals surface area contributed by atoms with Gasteiger partial charge < -0.3 is 15.8 Å². The Hall–Kier alpha value is -0.650. The molecule has 0 aromatic heterocycles. The smallest absolute Gasteiger partial charge is 0.236 e. The number of carbonyl (C=O) groups is 1. The largest absolute Gasteiger partial charge is 0.373 e. The first-order chi connectivity index (χ1) is 8.22. The van der Waals surface area contributed by atoms with Crippen LogP contribution in [0.5, 0.6) is 0 Å². The van der Waals surface area contributed by atoms with Gasteiger partial charge in [-0.3, -0.25) is 9.69 Å². The van der Waals surface area contributed by atoms with E-state index in [1.54, 1.807) is 6.92 Å². The van der Waals surface area contributed by atoms with Crippen LogP contribution in [0.3, 0.4) is 0 Å². The quantitative estimate of drug-likeness (QED) is 0.762. The molecule has 106 valence electrons. The van der Waals surface area contributed by atoms with Gasteiger partial charge in [-0.1, -0.05) is 0 Å². The van der Waals surface area contributed by atoms with Gasteiger partial charge in [0.1, 0.15) is 0 Å². The molecular weight excluding hydrogens is 230 g/mol. The summed E-state index contributed by atoms with van der Waals surface area (Å²) in [5, 5.41) is 2.90. The predicted octanol–water partition coefficient (Wildman–Crippen LogP) is 0.338. The first-order valence-electron chi connectivity index (χ1n) is 6.66. The maximum Gasteiger partial charge on any atom is 0.236 e. The van der Waals surface area contributed by atoms with E-state index in [1.807, 2.05) is 0 Å². The second-order valence-corrected chi connectivity index (χ2v) is 5.98. The monoisotopic (exact) mass is 257 g/mol. The molecule has 0 saturated carbocycles. The van der Waals surface area contributed by atoms with Gasteiger partial charge in [0.25, 0.3) is 0 Å². The van der Waals surface area contributed by atoms with Crippen molar-refractivity contribution in [2.24, 2.45) is 5.73 Å². The van der Waals surface area contributed by atoms with Gasteiger partial charge >= 0.3 is 0 Å². The lowest BCUT2D eigenvalue weighted by Gasteiger charge is -2.45. The lowest BCUT2D eigenvalue weighted by atomic mass is 10.00. The molecule has 0 aromatic rings. The van der Waals surface area contributed by atoms with Crippen LogP contribution in [0.2, 0.25) is 0 Å². The highest BCUT2D eigenvalue weighted by molar-refractivity contribution is 5.81. The second-order valence-electron chi connectivity index (χ2n) is 5.98. The van der Waals surface area contributed by atoms with Crippen LogP contribution in [0.15, 0.2) is 0 Å². The molecule has 1 aliphatic rings. The van der Waals surface area contributed by atoms with Crippen LogP contribution in [0.25, 0.3) is 0 Å². The summed E-state index contributed by atoms with van der Waals surface area (Å²) < 4.78 is 5.73. The van der Waals surface area contributed by atoms with Gasteiger partial charge in [-0.05, 0) is 34.6 Å².